The number of hydrogen-bond acceptors (Lipinski definition) is 5. The lowest BCUT2D eigenvalue weighted by Gasteiger charge is -2.19. The van der Waals surface area contributed by atoms with E-state index in [0.29, 0.717) is 28.4 Å². The average molecular weight is 417 g/mol. The number of carboxylic acids is 1. The van der Waals surface area contributed by atoms with E-state index in [9.17, 15) is 15.2 Å². The highest BCUT2D eigenvalue weighted by molar-refractivity contribution is 5.94. The Morgan fingerprint density at radius 3 is 2.74 bits per heavy atom. The summed E-state index contributed by atoms with van der Waals surface area (Å²) in [6.45, 7) is 3.86. The fourth-order valence-electron chi connectivity index (χ4n) is 4.69. The van der Waals surface area contributed by atoms with E-state index in [2.05, 4.69) is 6.07 Å². The minimum atomic E-state index is -1.07. The number of pyridine rings is 1. The fourth-order valence-corrected chi connectivity index (χ4v) is 4.69. The van der Waals surface area contributed by atoms with Crippen molar-refractivity contribution in [1.29, 1.82) is 5.26 Å². The van der Waals surface area contributed by atoms with Gasteiger partial charge in [0.25, 0.3) is 0 Å². The van der Waals surface area contributed by atoms with Crippen LogP contribution in [0.15, 0.2) is 24.3 Å². The van der Waals surface area contributed by atoms with Gasteiger partial charge in [-0.1, -0.05) is 6.07 Å². The third-order valence-corrected chi connectivity index (χ3v) is 5.84. The number of rotatable bonds is 5. The molecule has 0 saturated carbocycles. The van der Waals surface area contributed by atoms with Gasteiger partial charge < -0.3 is 19.1 Å². The van der Waals surface area contributed by atoms with Gasteiger partial charge in [-0.15, -0.1) is 0 Å². The largest absolute Gasteiger partial charge is 0.493 e. The second-order valence-corrected chi connectivity index (χ2v) is 7.62. The molecule has 0 spiro atoms. The summed E-state index contributed by atoms with van der Waals surface area (Å²) in [7, 11) is 3.24. The van der Waals surface area contributed by atoms with Gasteiger partial charge in [0.15, 0.2) is 11.5 Å². The number of aromatic nitrogens is 2. The Morgan fingerprint density at radius 2 is 2.10 bits per heavy atom. The number of nitriles is 1. The van der Waals surface area contributed by atoms with E-state index >= 15 is 0 Å². The highest BCUT2D eigenvalue weighted by Gasteiger charge is 2.32. The van der Waals surface area contributed by atoms with Gasteiger partial charge in [-0.05, 0) is 56.0 Å². The Labute approximate surface area is 180 Å². The molecule has 7 heteroatoms. The van der Waals surface area contributed by atoms with Gasteiger partial charge in [-0.3, -0.25) is 0 Å². The van der Waals surface area contributed by atoms with Crippen LogP contribution in [-0.4, -0.2) is 34.8 Å². The van der Waals surface area contributed by atoms with Crippen molar-refractivity contribution < 1.29 is 19.4 Å². The molecule has 4 rings (SSSR count). The normalized spacial score (nSPS) is 15.3. The molecule has 1 aliphatic rings. The standard InChI is InChI=1S/C24H23N3O4/c1-13-11-14(2)26-24-22(13)17(12-25)19(8-10-21(28)29)27(24)18-7-5-16-15(18)6-9-20(30-3)23(16)31-4/h6,8-11,18H,5,7H2,1-4H3,(H,28,29)/b10-8+. The van der Waals surface area contributed by atoms with Crippen LogP contribution >= 0.6 is 0 Å². The summed E-state index contributed by atoms with van der Waals surface area (Å²) in [5.41, 5.74) is 5.57. The Balaban J connectivity index is 2.05. The van der Waals surface area contributed by atoms with Gasteiger partial charge in [0.2, 0.25) is 0 Å². The van der Waals surface area contributed by atoms with E-state index < -0.39 is 5.97 Å². The number of benzene rings is 1. The molecule has 2 heterocycles. The van der Waals surface area contributed by atoms with Crippen LogP contribution in [0.25, 0.3) is 17.1 Å². The minimum absolute atomic E-state index is 0.110. The van der Waals surface area contributed by atoms with Gasteiger partial charge in [0, 0.05) is 22.7 Å². The predicted octanol–water partition coefficient (Wildman–Crippen LogP) is 4.18. The van der Waals surface area contributed by atoms with Crippen LogP contribution in [0, 0.1) is 25.2 Å². The quantitative estimate of drug-likeness (QED) is 0.626. The minimum Gasteiger partial charge on any atom is -0.493 e. The number of aliphatic carboxylic acids is 1. The van der Waals surface area contributed by atoms with E-state index in [1.807, 2.05) is 36.6 Å². The first-order chi connectivity index (χ1) is 14.9. The summed E-state index contributed by atoms with van der Waals surface area (Å²) in [5.74, 6) is 0.315. The number of carboxylic acid groups (broad SMARTS) is 1. The van der Waals surface area contributed by atoms with Crippen LogP contribution in [-0.2, 0) is 11.2 Å². The van der Waals surface area contributed by atoms with Crippen molar-refractivity contribution in [3.8, 4) is 17.6 Å². The van der Waals surface area contributed by atoms with E-state index in [1.165, 1.54) is 6.08 Å². The summed E-state index contributed by atoms with van der Waals surface area (Å²) in [6, 6.07) is 8.00. The van der Waals surface area contributed by atoms with Crippen LogP contribution in [0.5, 0.6) is 11.5 Å². The van der Waals surface area contributed by atoms with Gasteiger partial charge in [0.1, 0.15) is 11.7 Å². The molecule has 1 unspecified atom stereocenters. The van der Waals surface area contributed by atoms with Gasteiger partial charge in [0.05, 0.1) is 31.5 Å². The molecule has 158 valence electrons. The van der Waals surface area contributed by atoms with Crippen molar-refractivity contribution in [2.45, 2.75) is 32.7 Å². The second kappa shape index (κ2) is 7.80. The molecule has 0 bridgehead atoms. The summed E-state index contributed by atoms with van der Waals surface area (Å²) >= 11 is 0. The van der Waals surface area contributed by atoms with Crippen molar-refractivity contribution >= 4 is 23.1 Å². The first kappa shape index (κ1) is 20.5. The fraction of sp³-hybridized carbons (Fsp3) is 0.292. The average Bonchev–Trinajstić information content (AvgIpc) is 3.29. The lowest BCUT2D eigenvalue weighted by molar-refractivity contribution is -0.131. The summed E-state index contributed by atoms with van der Waals surface area (Å²) in [6.07, 6.45) is 4.11. The molecular weight excluding hydrogens is 394 g/mol. The van der Waals surface area contributed by atoms with E-state index in [0.717, 1.165) is 46.7 Å². The van der Waals surface area contributed by atoms with Crippen molar-refractivity contribution in [3.63, 3.8) is 0 Å². The summed E-state index contributed by atoms with van der Waals surface area (Å²) < 4.78 is 13.1. The number of nitrogens with zero attached hydrogens (tertiary/aromatic N) is 3. The molecule has 1 aromatic carbocycles. The monoisotopic (exact) mass is 417 g/mol. The molecule has 31 heavy (non-hydrogen) atoms. The molecule has 3 aromatic rings. The summed E-state index contributed by atoms with van der Waals surface area (Å²) in [5, 5.41) is 20.0. The second-order valence-electron chi connectivity index (χ2n) is 7.62. The molecule has 1 N–H and O–H groups in total. The molecule has 2 aromatic heterocycles. The van der Waals surface area contributed by atoms with Crippen LogP contribution in [0.4, 0.5) is 0 Å². The molecular formula is C24H23N3O4. The number of methoxy groups -OCH3 is 2. The van der Waals surface area contributed by atoms with Crippen LogP contribution in [0.2, 0.25) is 0 Å². The molecule has 1 aliphatic carbocycles. The zero-order chi connectivity index (χ0) is 22.3. The lowest BCUT2D eigenvalue weighted by atomic mass is 10.1. The van der Waals surface area contributed by atoms with Crippen molar-refractivity contribution in [2.24, 2.45) is 0 Å². The Hall–Kier alpha value is -3.79. The number of aryl methyl sites for hydroxylation is 2. The number of carbonyl (C=O) groups is 1. The first-order valence-electron chi connectivity index (χ1n) is 9.98. The SMILES string of the molecule is COc1ccc2c(c1OC)CCC2n1c(/C=C/C(=O)O)c(C#N)c2c(C)cc(C)nc21. The molecule has 1 atom stereocenters. The maximum absolute atomic E-state index is 11.3. The Bertz CT molecular complexity index is 1280. The van der Waals surface area contributed by atoms with Crippen molar-refractivity contribution in [1.82, 2.24) is 9.55 Å². The van der Waals surface area contributed by atoms with E-state index in [1.54, 1.807) is 14.2 Å². The van der Waals surface area contributed by atoms with E-state index in [-0.39, 0.29) is 6.04 Å². The first-order valence-corrected chi connectivity index (χ1v) is 9.98. The predicted molar refractivity (Wildman–Crippen MR) is 117 cm³/mol. The molecule has 0 saturated heterocycles. The highest BCUT2D eigenvalue weighted by atomic mass is 16.5. The maximum Gasteiger partial charge on any atom is 0.328 e. The third-order valence-electron chi connectivity index (χ3n) is 5.84. The molecule has 0 amide bonds. The van der Waals surface area contributed by atoms with Gasteiger partial charge in [-0.25, -0.2) is 9.78 Å². The third kappa shape index (κ3) is 3.21. The van der Waals surface area contributed by atoms with Gasteiger partial charge in [-0.2, -0.15) is 5.26 Å². The maximum atomic E-state index is 11.3. The van der Waals surface area contributed by atoms with Crippen molar-refractivity contribution in [3.05, 3.63) is 57.9 Å². The Morgan fingerprint density at radius 1 is 1.32 bits per heavy atom. The van der Waals surface area contributed by atoms with Crippen molar-refractivity contribution in [2.75, 3.05) is 14.2 Å². The Kier molecular flexibility index (Phi) is 5.15. The molecule has 0 fully saturated rings. The van der Waals surface area contributed by atoms with Crippen LogP contribution < -0.4 is 9.47 Å². The van der Waals surface area contributed by atoms with E-state index in [4.69, 9.17) is 14.5 Å². The van der Waals surface area contributed by atoms with Gasteiger partial charge >= 0.3 is 5.97 Å². The summed E-state index contributed by atoms with van der Waals surface area (Å²) in [4.78, 5) is 16.0. The number of ether oxygens (including phenoxy) is 2. The number of fused-ring (bicyclic) bond motifs is 2. The zero-order valence-corrected chi connectivity index (χ0v) is 17.9. The van der Waals surface area contributed by atoms with Crippen LogP contribution in [0.3, 0.4) is 0 Å². The topological polar surface area (TPSA) is 97.4 Å². The smallest absolute Gasteiger partial charge is 0.328 e. The van der Waals surface area contributed by atoms with Crippen LogP contribution in [0.1, 0.15) is 46.1 Å². The molecule has 0 radical (unpaired) electrons. The highest BCUT2D eigenvalue weighted by Crippen LogP contribution is 2.46. The number of hydrogen-bond donors (Lipinski definition) is 1. The molecule has 7 nitrogen and oxygen atoms in total. The molecule has 0 aliphatic heterocycles. The zero-order valence-electron chi connectivity index (χ0n) is 17.9. The lowest BCUT2D eigenvalue weighted by Crippen LogP contribution is -2.11.